The number of aryl methyl sites for hydroxylation is 3. The third-order valence-corrected chi connectivity index (χ3v) is 4.86. The molecule has 4 aromatic rings. The van der Waals surface area contributed by atoms with Crippen LogP contribution >= 0.6 is 0 Å². The fraction of sp³-hybridized carbons (Fsp3) is 0.182. The molecule has 0 aliphatic heterocycles. The van der Waals surface area contributed by atoms with Crippen LogP contribution < -0.4 is 5.32 Å². The number of hydrogen-bond donors (Lipinski definition) is 2. The lowest BCUT2D eigenvalue weighted by Crippen LogP contribution is -2.22. The van der Waals surface area contributed by atoms with Crippen LogP contribution in [0.4, 0.5) is 0 Å². The van der Waals surface area contributed by atoms with Gasteiger partial charge < -0.3 is 10.3 Å². The van der Waals surface area contributed by atoms with Crippen LogP contribution in [0.5, 0.6) is 0 Å². The molecule has 2 aromatic carbocycles. The molecule has 2 heterocycles. The molecule has 0 bridgehead atoms. The van der Waals surface area contributed by atoms with Crippen LogP contribution in [-0.4, -0.2) is 20.7 Å². The van der Waals surface area contributed by atoms with Crippen molar-refractivity contribution in [2.45, 2.75) is 20.4 Å². The summed E-state index contributed by atoms with van der Waals surface area (Å²) in [6, 6.07) is 14.6. The fourth-order valence-corrected chi connectivity index (χ4v) is 3.51. The standard InChI is InChI=1S/C22H22N4O/c1-14-9-17(11-23-22(27)18-12-24-26(3)13-18)21-19(10-14)15(2)20(25-21)16-7-5-4-6-8-16/h4-10,12-13,25H,11H2,1-3H3,(H,23,27). The van der Waals surface area contributed by atoms with Crippen LogP contribution in [0.25, 0.3) is 22.2 Å². The van der Waals surface area contributed by atoms with Gasteiger partial charge in [-0.2, -0.15) is 5.10 Å². The van der Waals surface area contributed by atoms with Gasteiger partial charge in [0.15, 0.2) is 0 Å². The summed E-state index contributed by atoms with van der Waals surface area (Å²) >= 11 is 0. The Morgan fingerprint density at radius 1 is 1.19 bits per heavy atom. The maximum atomic E-state index is 12.4. The molecule has 0 atom stereocenters. The number of aromatic nitrogens is 3. The highest BCUT2D eigenvalue weighted by Gasteiger charge is 2.14. The van der Waals surface area contributed by atoms with Crippen LogP contribution in [0, 0.1) is 13.8 Å². The minimum Gasteiger partial charge on any atom is -0.354 e. The van der Waals surface area contributed by atoms with Gasteiger partial charge in [0, 0.05) is 30.9 Å². The van der Waals surface area contributed by atoms with E-state index in [1.54, 1.807) is 24.1 Å². The van der Waals surface area contributed by atoms with E-state index in [2.05, 4.69) is 53.5 Å². The predicted molar refractivity (Wildman–Crippen MR) is 108 cm³/mol. The molecule has 2 aromatic heterocycles. The molecule has 0 spiro atoms. The van der Waals surface area contributed by atoms with Crippen molar-refractivity contribution in [2.24, 2.45) is 7.05 Å². The lowest BCUT2D eigenvalue weighted by Gasteiger charge is -2.07. The lowest BCUT2D eigenvalue weighted by molar-refractivity contribution is 0.0951. The van der Waals surface area contributed by atoms with E-state index in [4.69, 9.17) is 0 Å². The number of H-pyrrole nitrogens is 1. The van der Waals surface area contributed by atoms with E-state index in [1.807, 2.05) is 18.2 Å². The smallest absolute Gasteiger partial charge is 0.254 e. The van der Waals surface area contributed by atoms with E-state index >= 15 is 0 Å². The zero-order valence-corrected chi connectivity index (χ0v) is 15.7. The van der Waals surface area contributed by atoms with Crippen molar-refractivity contribution >= 4 is 16.8 Å². The van der Waals surface area contributed by atoms with Crippen molar-refractivity contribution in [3.63, 3.8) is 0 Å². The van der Waals surface area contributed by atoms with Gasteiger partial charge in [-0.1, -0.05) is 42.0 Å². The van der Waals surface area contributed by atoms with Crippen molar-refractivity contribution in [3.8, 4) is 11.3 Å². The number of carbonyl (C=O) groups excluding carboxylic acids is 1. The molecule has 5 heteroatoms. The number of carbonyl (C=O) groups is 1. The molecule has 4 rings (SSSR count). The zero-order valence-electron chi connectivity index (χ0n) is 15.7. The highest BCUT2D eigenvalue weighted by Crippen LogP contribution is 2.32. The monoisotopic (exact) mass is 358 g/mol. The summed E-state index contributed by atoms with van der Waals surface area (Å²) in [4.78, 5) is 15.9. The largest absolute Gasteiger partial charge is 0.354 e. The lowest BCUT2D eigenvalue weighted by atomic mass is 10.0. The molecule has 27 heavy (non-hydrogen) atoms. The minimum absolute atomic E-state index is 0.121. The average molecular weight is 358 g/mol. The molecule has 0 saturated heterocycles. The predicted octanol–water partition coefficient (Wildman–Crippen LogP) is 4.12. The van der Waals surface area contributed by atoms with Crippen LogP contribution in [0.15, 0.2) is 54.9 Å². The summed E-state index contributed by atoms with van der Waals surface area (Å²) in [7, 11) is 1.80. The Balaban J connectivity index is 1.69. The van der Waals surface area contributed by atoms with Gasteiger partial charge in [-0.05, 0) is 36.6 Å². The summed E-state index contributed by atoms with van der Waals surface area (Å²) < 4.78 is 1.63. The number of fused-ring (bicyclic) bond motifs is 1. The fourth-order valence-electron chi connectivity index (χ4n) is 3.51. The molecule has 0 aliphatic rings. The van der Waals surface area contributed by atoms with Crippen LogP contribution in [0.3, 0.4) is 0 Å². The van der Waals surface area contributed by atoms with Gasteiger partial charge in [-0.3, -0.25) is 9.48 Å². The first-order valence-electron chi connectivity index (χ1n) is 8.97. The van der Waals surface area contributed by atoms with E-state index < -0.39 is 0 Å². The molecule has 0 radical (unpaired) electrons. The zero-order chi connectivity index (χ0) is 19.0. The van der Waals surface area contributed by atoms with E-state index in [1.165, 1.54) is 16.5 Å². The van der Waals surface area contributed by atoms with Crippen molar-refractivity contribution < 1.29 is 4.79 Å². The van der Waals surface area contributed by atoms with Crippen LogP contribution in [-0.2, 0) is 13.6 Å². The Bertz CT molecular complexity index is 1120. The molecule has 0 aliphatic carbocycles. The number of benzene rings is 2. The number of nitrogens with zero attached hydrogens (tertiary/aromatic N) is 2. The Morgan fingerprint density at radius 2 is 1.96 bits per heavy atom. The molecule has 2 N–H and O–H groups in total. The SMILES string of the molecule is Cc1cc(CNC(=O)c2cnn(C)c2)c2[nH]c(-c3ccccc3)c(C)c2c1. The second-order valence-electron chi connectivity index (χ2n) is 6.92. The Morgan fingerprint density at radius 3 is 2.67 bits per heavy atom. The summed E-state index contributed by atoms with van der Waals surface area (Å²) in [5, 5.41) is 8.25. The van der Waals surface area contributed by atoms with Crippen molar-refractivity contribution in [3.05, 3.63) is 77.1 Å². The van der Waals surface area contributed by atoms with Crippen LogP contribution in [0.1, 0.15) is 27.0 Å². The third kappa shape index (κ3) is 3.24. The molecule has 1 amide bonds. The molecule has 0 saturated carbocycles. The molecule has 136 valence electrons. The maximum Gasteiger partial charge on any atom is 0.254 e. The Labute approximate surface area is 158 Å². The third-order valence-electron chi connectivity index (χ3n) is 4.86. The van der Waals surface area contributed by atoms with E-state index in [0.717, 1.165) is 22.3 Å². The van der Waals surface area contributed by atoms with Crippen LogP contribution in [0.2, 0.25) is 0 Å². The first-order valence-corrected chi connectivity index (χ1v) is 8.97. The van der Waals surface area contributed by atoms with Gasteiger partial charge in [0.2, 0.25) is 0 Å². The van der Waals surface area contributed by atoms with E-state index in [0.29, 0.717) is 12.1 Å². The summed E-state index contributed by atoms with van der Waals surface area (Å²) in [5.74, 6) is -0.121. The number of aromatic amines is 1. The summed E-state index contributed by atoms with van der Waals surface area (Å²) in [5.41, 5.74) is 7.39. The quantitative estimate of drug-likeness (QED) is 0.576. The molecule has 5 nitrogen and oxygen atoms in total. The number of amides is 1. The molecule has 0 unspecified atom stereocenters. The van der Waals surface area contributed by atoms with Gasteiger partial charge in [-0.15, -0.1) is 0 Å². The normalized spacial score (nSPS) is 11.1. The second kappa shape index (κ2) is 6.76. The maximum absolute atomic E-state index is 12.4. The number of hydrogen-bond acceptors (Lipinski definition) is 2. The number of rotatable bonds is 4. The van der Waals surface area contributed by atoms with E-state index in [-0.39, 0.29) is 5.91 Å². The molecule has 0 fully saturated rings. The topological polar surface area (TPSA) is 62.7 Å². The first kappa shape index (κ1) is 17.1. The summed E-state index contributed by atoms with van der Waals surface area (Å²) in [6.45, 7) is 4.68. The highest BCUT2D eigenvalue weighted by molar-refractivity contribution is 5.95. The minimum atomic E-state index is -0.121. The van der Waals surface area contributed by atoms with Gasteiger partial charge >= 0.3 is 0 Å². The summed E-state index contributed by atoms with van der Waals surface area (Å²) in [6.07, 6.45) is 3.29. The van der Waals surface area contributed by atoms with Crippen molar-refractivity contribution in [1.82, 2.24) is 20.1 Å². The van der Waals surface area contributed by atoms with Crippen molar-refractivity contribution in [1.29, 1.82) is 0 Å². The van der Waals surface area contributed by atoms with Gasteiger partial charge in [0.05, 0.1) is 17.3 Å². The Kier molecular flexibility index (Phi) is 4.28. The van der Waals surface area contributed by atoms with Gasteiger partial charge in [0.1, 0.15) is 0 Å². The second-order valence-corrected chi connectivity index (χ2v) is 6.92. The highest BCUT2D eigenvalue weighted by atomic mass is 16.1. The van der Waals surface area contributed by atoms with Crippen molar-refractivity contribution in [2.75, 3.05) is 0 Å². The molecular formula is C22H22N4O. The Hall–Kier alpha value is -3.34. The van der Waals surface area contributed by atoms with E-state index in [9.17, 15) is 4.79 Å². The number of nitrogens with one attached hydrogen (secondary N) is 2. The average Bonchev–Trinajstić information content (AvgIpc) is 3.24. The van der Waals surface area contributed by atoms with Gasteiger partial charge in [-0.25, -0.2) is 0 Å². The van der Waals surface area contributed by atoms with Gasteiger partial charge in [0.25, 0.3) is 5.91 Å². The first-order chi connectivity index (χ1) is 13.0. The molecular weight excluding hydrogens is 336 g/mol.